The number of benzene rings is 1. The van der Waals surface area contributed by atoms with Crippen molar-refractivity contribution < 1.29 is 4.79 Å². The van der Waals surface area contributed by atoms with Crippen molar-refractivity contribution in [3.05, 3.63) is 53.3 Å². The molecule has 0 aliphatic carbocycles. The lowest BCUT2D eigenvalue weighted by molar-refractivity contribution is 0.102. The van der Waals surface area contributed by atoms with Gasteiger partial charge in [0, 0.05) is 11.3 Å². The number of carbonyl (C=O) groups is 1. The molecule has 0 unspecified atom stereocenters. The van der Waals surface area contributed by atoms with Crippen molar-refractivity contribution in [2.45, 2.75) is 13.8 Å². The molecule has 0 aliphatic rings. The number of hydrogen-bond donors (Lipinski definition) is 1. The average Bonchev–Trinajstić information content (AvgIpc) is 2.80. The van der Waals surface area contributed by atoms with E-state index < -0.39 is 0 Å². The van der Waals surface area contributed by atoms with Crippen LogP contribution in [0.5, 0.6) is 0 Å². The Bertz CT molecular complexity index is 777. The summed E-state index contributed by atoms with van der Waals surface area (Å²) in [4.78, 5) is 20.7. The van der Waals surface area contributed by atoms with Crippen LogP contribution in [0, 0.1) is 13.8 Å². The van der Waals surface area contributed by atoms with E-state index in [4.69, 9.17) is 0 Å². The van der Waals surface area contributed by atoms with Crippen LogP contribution in [0.4, 0.5) is 5.13 Å². The third kappa shape index (κ3) is 2.53. The molecule has 20 heavy (non-hydrogen) atoms. The molecule has 0 bridgehead atoms. The summed E-state index contributed by atoms with van der Waals surface area (Å²) in [5, 5.41) is 3.42. The summed E-state index contributed by atoms with van der Waals surface area (Å²) in [6.07, 6.45) is 1.72. The fourth-order valence-electron chi connectivity index (χ4n) is 1.86. The van der Waals surface area contributed by atoms with Gasteiger partial charge in [0.2, 0.25) is 0 Å². The van der Waals surface area contributed by atoms with Crippen LogP contribution in [-0.2, 0) is 0 Å². The van der Waals surface area contributed by atoms with Crippen molar-refractivity contribution in [2.24, 2.45) is 0 Å². The smallest absolute Gasteiger partial charge is 0.257 e. The number of carbonyl (C=O) groups excluding carboxylic acids is 1. The van der Waals surface area contributed by atoms with Gasteiger partial charge in [-0.3, -0.25) is 15.1 Å². The largest absolute Gasteiger partial charge is 0.298 e. The third-order valence-corrected chi connectivity index (χ3v) is 3.88. The van der Waals surface area contributed by atoms with Crippen LogP contribution in [0.15, 0.2) is 36.5 Å². The Hall–Kier alpha value is -2.27. The van der Waals surface area contributed by atoms with Crippen molar-refractivity contribution in [1.29, 1.82) is 0 Å². The number of hydrogen-bond acceptors (Lipinski definition) is 4. The number of anilines is 1. The van der Waals surface area contributed by atoms with Gasteiger partial charge in [-0.15, -0.1) is 0 Å². The average molecular weight is 283 g/mol. The number of nitrogens with zero attached hydrogens (tertiary/aromatic N) is 2. The first-order valence-electron chi connectivity index (χ1n) is 6.23. The first kappa shape index (κ1) is 12.7. The first-order valence-corrected chi connectivity index (χ1v) is 7.05. The first-order chi connectivity index (χ1) is 9.61. The van der Waals surface area contributed by atoms with Gasteiger partial charge >= 0.3 is 0 Å². The van der Waals surface area contributed by atoms with Gasteiger partial charge in [-0.25, -0.2) is 4.98 Å². The van der Waals surface area contributed by atoms with Crippen LogP contribution in [0.1, 0.15) is 21.6 Å². The Kier molecular flexibility index (Phi) is 3.20. The lowest BCUT2D eigenvalue weighted by Gasteiger charge is -2.01. The molecule has 5 heteroatoms. The standard InChI is InChI=1S/C15H13N3OS/c1-9-3-5-11(6-4-9)14(19)18-15-17-12-8-16-10(2)7-13(12)20-15/h3-8H,1-2H3,(H,17,18,19). The lowest BCUT2D eigenvalue weighted by atomic mass is 10.1. The van der Waals surface area contributed by atoms with Crippen molar-refractivity contribution in [1.82, 2.24) is 9.97 Å². The van der Waals surface area contributed by atoms with Gasteiger partial charge < -0.3 is 0 Å². The minimum atomic E-state index is -0.145. The Morgan fingerprint density at radius 3 is 2.70 bits per heavy atom. The Balaban J connectivity index is 1.85. The van der Waals surface area contributed by atoms with Gasteiger partial charge in [0.1, 0.15) is 5.52 Å². The normalized spacial score (nSPS) is 10.7. The molecule has 0 atom stereocenters. The van der Waals surface area contributed by atoms with E-state index in [0.717, 1.165) is 21.5 Å². The molecule has 1 aromatic carbocycles. The number of nitrogens with one attached hydrogen (secondary N) is 1. The fraction of sp³-hybridized carbons (Fsp3) is 0.133. The number of aryl methyl sites for hydroxylation is 2. The molecule has 0 aliphatic heterocycles. The molecule has 3 aromatic rings. The van der Waals surface area contributed by atoms with Crippen molar-refractivity contribution in [3.8, 4) is 0 Å². The van der Waals surface area contributed by atoms with Crippen molar-refractivity contribution in [2.75, 3.05) is 5.32 Å². The summed E-state index contributed by atoms with van der Waals surface area (Å²) in [5.74, 6) is -0.145. The van der Waals surface area contributed by atoms with E-state index in [0.29, 0.717) is 10.7 Å². The number of thiazole rings is 1. The fourth-order valence-corrected chi connectivity index (χ4v) is 2.79. The maximum Gasteiger partial charge on any atom is 0.257 e. The van der Waals surface area contributed by atoms with Gasteiger partial charge in [0.05, 0.1) is 10.9 Å². The van der Waals surface area contributed by atoms with E-state index in [-0.39, 0.29) is 5.91 Å². The zero-order valence-electron chi connectivity index (χ0n) is 11.2. The molecule has 100 valence electrons. The molecule has 1 N–H and O–H groups in total. The van der Waals surface area contributed by atoms with Gasteiger partial charge in [-0.05, 0) is 32.0 Å². The van der Waals surface area contributed by atoms with Gasteiger partial charge in [-0.1, -0.05) is 29.0 Å². The molecular formula is C15H13N3OS. The summed E-state index contributed by atoms with van der Waals surface area (Å²) in [6, 6.07) is 9.42. The number of fused-ring (bicyclic) bond motifs is 1. The zero-order chi connectivity index (χ0) is 14.1. The maximum absolute atomic E-state index is 12.1. The van der Waals surface area contributed by atoms with Gasteiger partial charge in [0.15, 0.2) is 5.13 Å². The minimum Gasteiger partial charge on any atom is -0.298 e. The summed E-state index contributed by atoms with van der Waals surface area (Å²) < 4.78 is 1.02. The van der Waals surface area contributed by atoms with E-state index in [1.165, 1.54) is 11.3 Å². The summed E-state index contributed by atoms with van der Waals surface area (Å²) in [5.41, 5.74) is 3.50. The number of rotatable bonds is 2. The predicted octanol–water partition coefficient (Wildman–Crippen LogP) is 3.56. The highest BCUT2D eigenvalue weighted by molar-refractivity contribution is 7.22. The Labute approximate surface area is 120 Å². The van der Waals surface area contributed by atoms with Crippen LogP contribution in [-0.4, -0.2) is 15.9 Å². The zero-order valence-corrected chi connectivity index (χ0v) is 12.0. The van der Waals surface area contributed by atoms with E-state index >= 15 is 0 Å². The molecule has 2 aromatic heterocycles. The highest BCUT2D eigenvalue weighted by atomic mass is 32.1. The van der Waals surface area contributed by atoms with Gasteiger partial charge in [-0.2, -0.15) is 0 Å². The van der Waals surface area contributed by atoms with Crippen LogP contribution in [0.25, 0.3) is 10.2 Å². The predicted molar refractivity (Wildman–Crippen MR) is 81.3 cm³/mol. The maximum atomic E-state index is 12.1. The van der Waals surface area contributed by atoms with E-state index in [1.54, 1.807) is 6.20 Å². The molecule has 0 spiro atoms. The van der Waals surface area contributed by atoms with Crippen LogP contribution < -0.4 is 5.32 Å². The summed E-state index contributed by atoms with van der Waals surface area (Å²) >= 11 is 1.45. The molecule has 0 fully saturated rings. The SMILES string of the molecule is Cc1ccc(C(=O)Nc2nc3cnc(C)cc3s2)cc1. The molecular weight excluding hydrogens is 270 g/mol. The quantitative estimate of drug-likeness (QED) is 0.782. The van der Waals surface area contributed by atoms with E-state index in [1.807, 2.05) is 44.2 Å². The molecule has 0 saturated heterocycles. The van der Waals surface area contributed by atoms with Gasteiger partial charge in [0.25, 0.3) is 5.91 Å². The summed E-state index contributed by atoms with van der Waals surface area (Å²) in [6.45, 7) is 3.92. The van der Waals surface area contributed by atoms with Crippen LogP contribution in [0.2, 0.25) is 0 Å². The molecule has 1 amide bonds. The molecule has 4 nitrogen and oxygen atoms in total. The molecule has 0 saturated carbocycles. The number of amides is 1. The molecule has 3 rings (SSSR count). The Morgan fingerprint density at radius 2 is 1.95 bits per heavy atom. The lowest BCUT2D eigenvalue weighted by Crippen LogP contribution is -2.11. The van der Waals surface area contributed by atoms with Crippen LogP contribution >= 0.6 is 11.3 Å². The van der Waals surface area contributed by atoms with Crippen molar-refractivity contribution >= 4 is 32.6 Å². The Morgan fingerprint density at radius 1 is 1.20 bits per heavy atom. The monoisotopic (exact) mass is 283 g/mol. The van der Waals surface area contributed by atoms with Crippen LogP contribution in [0.3, 0.4) is 0 Å². The third-order valence-electron chi connectivity index (χ3n) is 2.95. The van der Waals surface area contributed by atoms with E-state index in [9.17, 15) is 4.79 Å². The number of aromatic nitrogens is 2. The molecule has 0 radical (unpaired) electrons. The second-order valence-corrected chi connectivity index (χ2v) is 5.66. The summed E-state index contributed by atoms with van der Waals surface area (Å²) in [7, 11) is 0. The second kappa shape index (κ2) is 5.02. The highest BCUT2D eigenvalue weighted by Crippen LogP contribution is 2.26. The highest BCUT2D eigenvalue weighted by Gasteiger charge is 2.10. The topological polar surface area (TPSA) is 54.9 Å². The van der Waals surface area contributed by atoms with E-state index in [2.05, 4.69) is 15.3 Å². The van der Waals surface area contributed by atoms with Crippen molar-refractivity contribution in [3.63, 3.8) is 0 Å². The molecule has 2 heterocycles. The second-order valence-electron chi connectivity index (χ2n) is 4.63. The number of pyridine rings is 1. The minimum absolute atomic E-state index is 0.145.